The van der Waals surface area contributed by atoms with Crippen LogP contribution in [0.25, 0.3) is 0 Å². The van der Waals surface area contributed by atoms with E-state index in [1.807, 2.05) is 20.9 Å². The topological polar surface area (TPSA) is 47.0 Å². The Hall–Kier alpha value is -1.00. The second-order valence-corrected chi connectivity index (χ2v) is 3.56. The molecule has 0 spiro atoms. The number of ether oxygens (including phenoxy) is 1. The molecule has 1 aromatic heterocycles. The number of rotatable bonds is 5. The normalized spacial score (nSPS) is 10.7. The molecule has 0 aliphatic carbocycles. The summed E-state index contributed by atoms with van der Waals surface area (Å²) in [7, 11) is 3.62. The molecule has 15 heavy (non-hydrogen) atoms. The van der Waals surface area contributed by atoms with E-state index in [0.29, 0.717) is 6.61 Å². The van der Waals surface area contributed by atoms with Gasteiger partial charge in [-0.1, -0.05) is 0 Å². The maximum absolute atomic E-state index is 5.01. The molecule has 0 aliphatic rings. The van der Waals surface area contributed by atoms with Crippen LogP contribution in [0.1, 0.15) is 22.8 Å². The van der Waals surface area contributed by atoms with Crippen LogP contribution < -0.4 is 5.32 Å². The summed E-state index contributed by atoms with van der Waals surface area (Å²) < 4.78 is 5.01. The first-order valence-corrected chi connectivity index (χ1v) is 5.15. The first-order valence-electron chi connectivity index (χ1n) is 5.15. The molecule has 0 fully saturated rings. The van der Waals surface area contributed by atoms with Crippen molar-refractivity contribution in [2.75, 3.05) is 20.8 Å². The van der Waals surface area contributed by atoms with Gasteiger partial charge in [0.15, 0.2) is 0 Å². The van der Waals surface area contributed by atoms with Crippen LogP contribution in [0.5, 0.6) is 0 Å². The molecule has 4 nitrogen and oxygen atoms in total. The van der Waals surface area contributed by atoms with Gasteiger partial charge in [0.05, 0.1) is 6.61 Å². The van der Waals surface area contributed by atoms with E-state index in [9.17, 15) is 0 Å². The van der Waals surface area contributed by atoms with E-state index in [0.717, 1.165) is 30.2 Å². The largest absolute Gasteiger partial charge is 0.384 e. The van der Waals surface area contributed by atoms with Crippen molar-refractivity contribution in [1.82, 2.24) is 15.3 Å². The SMILES string of the molecule is CNCc1c(C)nc(CCOC)nc1C. The second-order valence-electron chi connectivity index (χ2n) is 3.56. The molecule has 1 aromatic rings. The monoisotopic (exact) mass is 209 g/mol. The molecule has 1 heterocycles. The van der Waals surface area contributed by atoms with Crippen LogP contribution in [0, 0.1) is 13.8 Å². The average Bonchev–Trinajstić information content (AvgIpc) is 2.20. The fourth-order valence-electron chi connectivity index (χ4n) is 1.55. The van der Waals surface area contributed by atoms with E-state index in [1.54, 1.807) is 7.11 Å². The van der Waals surface area contributed by atoms with Gasteiger partial charge in [0.25, 0.3) is 0 Å². The number of nitrogens with zero attached hydrogens (tertiary/aromatic N) is 2. The molecule has 0 amide bonds. The molecule has 1 N–H and O–H groups in total. The third-order valence-electron chi connectivity index (χ3n) is 2.35. The first-order chi connectivity index (χ1) is 7.19. The summed E-state index contributed by atoms with van der Waals surface area (Å²) in [4.78, 5) is 8.92. The van der Waals surface area contributed by atoms with Crippen LogP contribution in [0.15, 0.2) is 0 Å². The van der Waals surface area contributed by atoms with E-state index in [-0.39, 0.29) is 0 Å². The molecule has 0 atom stereocenters. The van der Waals surface area contributed by atoms with Crippen LogP contribution in [0.4, 0.5) is 0 Å². The zero-order chi connectivity index (χ0) is 11.3. The molecule has 4 heteroatoms. The van der Waals surface area contributed by atoms with Gasteiger partial charge in [0, 0.05) is 37.0 Å². The molecule has 84 valence electrons. The number of aryl methyl sites for hydroxylation is 2. The van der Waals surface area contributed by atoms with Crippen LogP contribution in [-0.2, 0) is 17.7 Å². The van der Waals surface area contributed by atoms with Crippen LogP contribution in [-0.4, -0.2) is 30.7 Å². The lowest BCUT2D eigenvalue weighted by atomic mass is 10.1. The van der Waals surface area contributed by atoms with Gasteiger partial charge in [0.2, 0.25) is 0 Å². The zero-order valence-electron chi connectivity index (χ0n) is 9.92. The fraction of sp³-hybridized carbons (Fsp3) is 0.636. The Balaban J connectivity index is 2.87. The summed E-state index contributed by atoms with van der Waals surface area (Å²) in [6, 6.07) is 0. The van der Waals surface area contributed by atoms with Crippen molar-refractivity contribution in [2.45, 2.75) is 26.8 Å². The molecular formula is C11H19N3O. The molecule has 1 rings (SSSR count). The minimum absolute atomic E-state index is 0.671. The molecule has 0 saturated carbocycles. The third-order valence-corrected chi connectivity index (χ3v) is 2.35. The standard InChI is InChI=1S/C11H19N3O/c1-8-10(7-12-3)9(2)14-11(13-8)5-6-15-4/h12H,5-7H2,1-4H3. The molecular weight excluding hydrogens is 190 g/mol. The number of hydrogen-bond donors (Lipinski definition) is 1. The van der Waals surface area contributed by atoms with E-state index < -0.39 is 0 Å². The highest BCUT2D eigenvalue weighted by atomic mass is 16.5. The quantitative estimate of drug-likeness (QED) is 0.786. The van der Waals surface area contributed by atoms with Crippen molar-refractivity contribution >= 4 is 0 Å². The predicted molar refractivity (Wildman–Crippen MR) is 59.8 cm³/mol. The van der Waals surface area contributed by atoms with Gasteiger partial charge in [-0.05, 0) is 20.9 Å². The number of methoxy groups -OCH3 is 1. The van der Waals surface area contributed by atoms with Gasteiger partial charge in [-0.25, -0.2) is 9.97 Å². The molecule has 0 saturated heterocycles. The molecule has 0 bridgehead atoms. The number of nitrogens with one attached hydrogen (secondary N) is 1. The van der Waals surface area contributed by atoms with Crippen molar-refractivity contribution in [3.63, 3.8) is 0 Å². The second kappa shape index (κ2) is 5.78. The lowest BCUT2D eigenvalue weighted by molar-refractivity contribution is 0.200. The highest BCUT2D eigenvalue weighted by Crippen LogP contribution is 2.10. The maximum atomic E-state index is 5.01. The number of hydrogen-bond acceptors (Lipinski definition) is 4. The molecule has 0 unspecified atom stereocenters. The van der Waals surface area contributed by atoms with Crippen molar-refractivity contribution in [3.05, 3.63) is 22.8 Å². The smallest absolute Gasteiger partial charge is 0.131 e. The molecule has 0 aliphatic heterocycles. The number of aromatic nitrogens is 2. The highest BCUT2D eigenvalue weighted by molar-refractivity contribution is 5.24. The van der Waals surface area contributed by atoms with Gasteiger partial charge in [-0.3, -0.25) is 0 Å². The van der Waals surface area contributed by atoms with Gasteiger partial charge < -0.3 is 10.1 Å². The summed E-state index contributed by atoms with van der Waals surface area (Å²) in [6.07, 6.45) is 0.776. The van der Waals surface area contributed by atoms with E-state index in [2.05, 4.69) is 15.3 Å². The summed E-state index contributed by atoms with van der Waals surface area (Å²) in [5.74, 6) is 0.867. The minimum Gasteiger partial charge on any atom is -0.384 e. The van der Waals surface area contributed by atoms with Crippen molar-refractivity contribution in [2.24, 2.45) is 0 Å². The zero-order valence-corrected chi connectivity index (χ0v) is 9.92. The summed E-state index contributed by atoms with van der Waals surface area (Å²) >= 11 is 0. The van der Waals surface area contributed by atoms with Gasteiger partial charge >= 0.3 is 0 Å². The Kier molecular flexibility index (Phi) is 4.65. The van der Waals surface area contributed by atoms with Crippen LogP contribution in [0.2, 0.25) is 0 Å². The maximum Gasteiger partial charge on any atom is 0.131 e. The Morgan fingerprint density at radius 3 is 2.27 bits per heavy atom. The van der Waals surface area contributed by atoms with E-state index >= 15 is 0 Å². The van der Waals surface area contributed by atoms with E-state index in [4.69, 9.17) is 4.74 Å². The molecule has 0 aromatic carbocycles. The Morgan fingerprint density at radius 2 is 1.80 bits per heavy atom. The predicted octanol–water partition coefficient (Wildman–Crippen LogP) is 1.00. The van der Waals surface area contributed by atoms with Crippen molar-refractivity contribution in [1.29, 1.82) is 0 Å². The van der Waals surface area contributed by atoms with Crippen LogP contribution in [0.3, 0.4) is 0 Å². The fourth-order valence-corrected chi connectivity index (χ4v) is 1.55. The average molecular weight is 209 g/mol. The third kappa shape index (κ3) is 3.25. The van der Waals surface area contributed by atoms with Crippen LogP contribution >= 0.6 is 0 Å². The summed E-state index contributed by atoms with van der Waals surface area (Å²) in [5, 5.41) is 3.12. The Morgan fingerprint density at radius 1 is 1.20 bits per heavy atom. The van der Waals surface area contributed by atoms with Crippen molar-refractivity contribution in [3.8, 4) is 0 Å². The van der Waals surface area contributed by atoms with Gasteiger partial charge in [-0.15, -0.1) is 0 Å². The summed E-state index contributed by atoms with van der Waals surface area (Å²) in [5.41, 5.74) is 3.31. The Bertz CT molecular complexity index is 303. The molecule has 0 radical (unpaired) electrons. The van der Waals surface area contributed by atoms with Gasteiger partial charge in [0.1, 0.15) is 5.82 Å². The summed E-state index contributed by atoms with van der Waals surface area (Å²) in [6.45, 7) is 5.54. The lowest BCUT2D eigenvalue weighted by Crippen LogP contribution is -2.13. The Labute approximate surface area is 91.1 Å². The van der Waals surface area contributed by atoms with Gasteiger partial charge in [-0.2, -0.15) is 0 Å². The first kappa shape index (κ1) is 12.1. The lowest BCUT2D eigenvalue weighted by Gasteiger charge is -2.10. The van der Waals surface area contributed by atoms with Crippen molar-refractivity contribution < 1.29 is 4.74 Å². The highest BCUT2D eigenvalue weighted by Gasteiger charge is 2.07. The minimum atomic E-state index is 0.671. The van der Waals surface area contributed by atoms with E-state index in [1.165, 1.54) is 5.56 Å².